The maximum absolute atomic E-state index is 14.6. The summed E-state index contributed by atoms with van der Waals surface area (Å²) in [5, 5.41) is 22.6. The largest absolute Gasteiger partial charge is 0.441 e. The minimum absolute atomic E-state index is 0.176. The van der Waals surface area contributed by atoms with Gasteiger partial charge in [0.25, 0.3) is 0 Å². The van der Waals surface area contributed by atoms with Gasteiger partial charge in [0.05, 0.1) is 18.8 Å². The van der Waals surface area contributed by atoms with Crippen LogP contribution in [0.3, 0.4) is 0 Å². The summed E-state index contributed by atoms with van der Waals surface area (Å²) >= 11 is 0. The van der Waals surface area contributed by atoms with E-state index in [9.17, 15) is 9.18 Å². The number of H-pyrrole nitrogens is 1. The lowest BCUT2D eigenvalue weighted by molar-refractivity contribution is 0.0963. The van der Waals surface area contributed by atoms with Crippen LogP contribution in [0.15, 0.2) is 36.5 Å². The summed E-state index contributed by atoms with van der Waals surface area (Å²) in [7, 11) is 0. The average molecular weight is 356 g/mol. The number of halogens is 1. The number of nitrogens with zero attached hydrogens (tertiary/aromatic N) is 5. The molecule has 26 heavy (non-hydrogen) atoms. The van der Waals surface area contributed by atoms with Gasteiger partial charge < -0.3 is 9.84 Å². The number of aliphatic hydroxyl groups excluding tert-OH is 1. The smallest absolute Gasteiger partial charge is 0.414 e. The molecule has 0 unspecified atom stereocenters. The van der Waals surface area contributed by atoms with Crippen LogP contribution in [0.4, 0.5) is 14.9 Å². The number of tetrazole rings is 1. The Morgan fingerprint density at radius 2 is 2.23 bits per heavy atom. The van der Waals surface area contributed by atoms with Crippen molar-refractivity contribution in [2.75, 3.05) is 18.1 Å². The molecule has 1 aromatic carbocycles. The van der Waals surface area contributed by atoms with E-state index in [1.807, 2.05) is 0 Å². The number of benzene rings is 1. The van der Waals surface area contributed by atoms with Crippen LogP contribution in [0.2, 0.25) is 0 Å². The Balaban J connectivity index is 1.59. The monoisotopic (exact) mass is 356 g/mol. The Kier molecular flexibility index (Phi) is 4.01. The normalized spacial score (nSPS) is 16.8. The zero-order valence-electron chi connectivity index (χ0n) is 13.3. The van der Waals surface area contributed by atoms with Crippen LogP contribution in [-0.2, 0) is 4.74 Å². The number of carbonyl (C=O) groups is 1. The van der Waals surface area contributed by atoms with Crippen molar-refractivity contribution < 1.29 is 19.0 Å². The number of amides is 1. The van der Waals surface area contributed by atoms with Crippen molar-refractivity contribution in [1.82, 2.24) is 25.6 Å². The topological polar surface area (TPSA) is 117 Å². The van der Waals surface area contributed by atoms with E-state index in [2.05, 4.69) is 25.6 Å². The number of aromatic amines is 1. The molecule has 1 aliphatic rings. The van der Waals surface area contributed by atoms with Crippen molar-refractivity contribution in [1.29, 1.82) is 0 Å². The van der Waals surface area contributed by atoms with E-state index in [0.29, 0.717) is 28.3 Å². The third kappa shape index (κ3) is 2.86. The molecule has 132 valence electrons. The van der Waals surface area contributed by atoms with Crippen LogP contribution in [0.25, 0.3) is 22.6 Å². The van der Waals surface area contributed by atoms with Gasteiger partial charge in [-0.05, 0) is 29.5 Å². The third-order valence-electron chi connectivity index (χ3n) is 3.99. The van der Waals surface area contributed by atoms with Gasteiger partial charge in [0, 0.05) is 17.3 Å². The van der Waals surface area contributed by atoms with Crippen LogP contribution in [0.1, 0.15) is 0 Å². The highest BCUT2D eigenvalue weighted by Crippen LogP contribution is 2.29. The molecule has 0 saturated carbocycles. The fourth-order valence-corrected chi connectivity index (χ4v) is 2.69. The third-order valence-corrected chi connectivity index (χ3v) is 3.99. The van der Waals surface area contributed by atoms with E-state index >= 15 is 0 Å². The Bertz CT molecular complexity index is 932. The first-order valence-corrected chi connectivity index (χ1v) is 7.74. The number of hydrogen-bond acceptors (Lipinski definition) is 7. The van der Waals surface area contributed by atoms with E-state index < -0.39 is 18.0 Å². The Labute approximate surface area is 146 Å². The standard InChI is InChI=1S/C16H13FN6O3/c17-13-5-10(23-7-11(8-24)26-16(23)25)2-3-12(13)9-1-4-14(18-6-9)15-19-21-22-20-15/h1-6,11,24H,7-8H2,(H,19,20,21,22)/t11-/m1/s1. The lowest BCUT2D eigenvalue weighted by Gasteiger charge is -2.14. The SMILES string of the molecule is O=C1O[C@@H](CO)CN1c1ccc(-c2ccc(-c3nn[nH]n3)nc2)c(F)c1. The lowest BCUT2D eigenvalue weighted by atomic mass is 10.1. The second-order valence-electron chi connectivity index (χ2n) is 5.63. The number of aromatic nitrogens is 5. The van der Waals surface area contributed by atoms with Crippen molar-refractivity contribution >= 4 is 11.8 Å². The van der Waals surface area contributed by atoms with Crippen LogP contribution >= 0.6 is 0 Å². The van der Waals surface area contributed by atoms with E-state index in [1.54, 1.807) is 24.3 Å². The number of carbonyl (C=O) groups excluding carboxylic acids is 1. The van der Waals surface area contributed by atoms with Crippen molar-refractivity contribution in [3.05, 3.63) is 42.3 Å². The maximum atomic E-state index is 14.6. The lowest BCUT2D eigenvalue weighted by Crippen LogP contribution is -2.25. The number of hydrogen-bond donors (Lipinski definition) is 2. The van der Waals surface area contributed by atoms with Gasteiger partial charge in [-0.3, -0.25) is 9.88 Å². The number of ether oxygens (including phenoxy) is 1. The average Bonchev–Trinajstić information content (AvgIpc) is 3.31. The zero-order chi connectivity index (χ0) is 18.1. The number of rotatable bonds is 4. The molecule has 1 saturated heterocycles. The van der Waals surface area contributed by atoms with Gasteiger partial charge in [0.1, 0.15) is 17.6 Å². The van der Waals surface area contributed by atoms with Crippen molar-refractivity contribution in [2.24, 2.45) is 0 Å². The number of nitrogens with one attached hydrogen (secondary N) is 1. The molecule has 4 rings (SSSR count). The van der Waals surface area contributed by atoms with E-state index in [-0.39, 0.29) is 13.2 Å². The number of pyridine rings is 1. The first kappa shape index (κ1) is 16.1. The molecule has 2 N–H and O–H groups in total. The first-order chi connectivity index (χ1) is 12.7. The van der Waals surface area contributed by atoms with Crippen LogP contribution in [0, 0.1) is 5.82 Å². The molecule has 0 aliphatic carbocycles. The Morgan fingerprint density at radius 1 is 1.35 bits per heavy atom. The van der Waals surface area contributed by atoms with Gasteiger partial charge in [0.2, 0.25) is 5.82 Å². The number of anilines is 1. The van der Waals surface area contributed by atoms with E-state index in [4.69, 9.17) is 9.84 Å². The van der Waals surface area contributed by atoms with Crippen LogP contribution < -0.4 is 4.90 Å². The molecule has 1 fully saturated rings. The highest BCUT2D eigenvalue weighted by Gasteiger charge is 2.32. The van der Waals surface area contributed by atoms with Gasteiger partial charge in [-0.1, -0.05) is 6.07 Å². The molecule has 3 heterocycles. The van der Waals surface area contributed by atoms with Crippen molar-refractivity contribution in [3.63, 3.8) is 0 Å². The number of cyclic esters (lactones) is 1. The van der Waals surface area contributed by atoms with Crippen LogP contribution in [-0.4, -0.2) is 56.1 Å². The first-order valence-electron chi connectivity index (χ1n) is 7.74. The van der Waals surface area contributed by atoms with Gasteiger partial charge >= 0.3 is 6.09 Å². The molecule has 1 atom stereocenters. The molecule has 10 heteroatoms. The van der Waals surface area contributed by atoms with Gasteiger partial charge in [-0.15, -0.1) is 10.2 Å². The zero-order valence-corrected chi connectivity index (χ0v) is 13.3. The summed E-state index contributed by atoms with van der Waals surface area (Å²) in [4.78, 5) is 17.3. The molecule has 2 aromatic heterocycles. The summed E-state index contributed by atoms with van der Waals surface area (Å²) in [5.74, 6) is -0.157. The molecule has 9 nitrogen and oxygen atoms in total. The Hall–Kier alpha value is -3.40. The minimum atomic E-state index is -0.609. The highest BCUT2D eigenvalue weighted by atomic mass is 19.1. The summed E-state index contributed by atoms with van der Waals surface area (Å²) in [6.07, 6.45) is 0.296. The summed E-state index contributed by atoms with van der Waals surface area (Å²) in [5.41, 5.74) is 1.78. The van der Waals surface area contributed by atoms with Crippen LogP contribution in [0.5, 0.6) is 0 Å². The maximum Gasteiger partial charge on any atom is 0.414 e. The fourth-order valence-electron chi connectivity index (χ4n) is 2.69. The Morgan fingerprint density at radius 3 is 2.85 bits per heavy atom. The quantitative estimate of drug-likeness (QED) is 0.725. The summed E-state index contributed by atoms with van der Waals surface area (Å²) in [6.45, 7) is -0.101. The summed E-state index contributed by atoms with van der Waals surface area (Å²) in [6, 6.07) is 7.80. The number of aliphatic hydroxyl groups is 1. The molecule has 0 radical (unpaired) electrons. The van der Waals surface area contributed by atoms with Gasteiger partial charge in [-0.25, -0.2) is 9.18 Å². The van der Waals surface area contributed by atoms with Gasteiger partial charge in [-0.2, -0.15) is 5.21 Å². The highest BCUT2D eigenvalue weighted by molar-refractivity contribution is 5.90. The van der Waals surface area contributed by atoms with Crippen molar-refractivity contribution in [2.45, 2.75) is 6.10 Å². The predicted octanol–water partition coefficient (Wildman–Crippen LogP) is 1.39. The molecule has 1 amide bonds. The van der Waals surface area contributed by atoms with Gasteiger partial charge in [0.15, 0.2) is 0 Å². The summed E-state index contributed by atoms with van der Waals surface area (Å²) < 4.78 is 19.5. The predicted molar refractivity (Wildman–Crippen MR) is 87.5 cm³/mol. The molecule has 1 aliphatic heterocycles. The second kappa shape index (κ2) is 6.48. The fraction of sp³-hybridized carbons (Fsp3) is 0.188. The molecular formula is C16H13FN6O3. The molecular weight excluding hydrogens is 343 g/mol. The molecule has 0 bridgehead atoms. The molecule has 0 spiro atoms. The molecule has 3 aromatic rings. The van der Waals surface area contributed by atoms with Crippen molar-refractivity contribution in [3.8, 4) is 22.6 Å². The second-order valence-corrected chi connectivity index (χ2v) is 5.63. The minimum Gasteiger partial charge on any atom is -0.441 e. The van der Waals surface area contributed by atoms with E-state index in [0.717, 1.165) is 0 Å². The van der Waals surface area contributed by atoms with E-state index in [1.165, 1.54) is 17.2 Å².